The summed E-state index contributed by atoms with van der Waals surface area (Å²) in [4.78, 5) is 22.0. The molecule has 0 radical (unpaired) electrons. The summed E-state index contributed by atoms with van der Waals surface area (Å²) in [6.07, 6.45) is 1.35. The third kappa shape index (κ3) is 3.48. The van der Waals surface area contributed by atoms with E-state index in [0.717, 1.165) is 21.6 Å². The number of aryl methyl sites for hydroxylation is 1. The fourth-order valence-electron chi connectivity index (χ4n) is 1.94. The van der Waals surface area contributed by atoms with E-state index in [1.54, 1.807) is 7.11 Å². The summed E-state index contributed by atoms with van der Waals surface area (Å²) in [7, 11) is 1.65. The standard InChI is InChI=1S/C14H19N3O3S/c1-8(2)20-14(18)11-9(3)10-12(15-5-6-19-4)16-7-17-13(10)21-11/h7-8H,5-6H2,1-4H3,(H,15,16,17). The zero-order chi connectivity index (χ0) is 15.4. The van der Waals surface area contributed by atoms with Gasteiger partial charge in [-0.1, -0.05) is 0 Å². The van der Waals surface area contributed by atoms with Crippen LogP contribution in [0.15, 0.2) is 6.33 Å². The van der Waals surface area contributed by atoms with Crippen LogP contribution in [-0.4, -0.2) is 42.3 Å². The van der Waals surface area contributed by atoms with Crippen LogP contribution in [0.25, 0.3) is 10.2 Å². The van der Waals surface area contributed by atoms with Crippen molar-refractivity contribution in [2.45, 2.75) is 26.9 Å². The largest absolute Gasteiger partial charge is 0.459 e. The Balaban J connectivity index is 2.36. The van der Waals surface area contributed by atoms with E-state index in [2.05, 4.69) is 15.3 Å². The number of hydrogen-bond donors (Lipinski definition) is 1. The number of esters is 1. The number of methoxy groups -OCH3 is 1. The van der Waals surface area contributed by atoms with Crippen LogP contribution < -0.4 is 5.32 Å². The minimum Gasteiger partial charge on any atom is -0.459 e. The number of hydrogen-bond acceptors (Lipinski definition) is 7. The quantitative estimate of drug-likeness (QED) is 0.653. The maximum Gasteiger partial charge on any atom is 0.348 e. The Hall–Kier alpha value is -1.73. The molecule has 0 aromatic carbocycles. The Morgan fingerprint density at radius 2 is 2.19 bits per heavy atom. The smallest absolute Gasteiger partial charge is 0.348 e. The summed E-state index contributed by atoms with van der Waals surface area (Å²) in [5.74, 6) is 0.405. The van der Waals surface area contributed by atoms with Gasteiger partial charge < -0.3 is 14.8 Å². The Kier molecular flexibility index (Phi) is 5.08. The van der Waals surface area contributed by atoms with Gasteiger partial charge in [0.2, 0.25) is 0 Å². The maximum absolute atomic E-state index is 12.1. The summed E-state index contributed by atoms with van der Waals surface area (Å²) in [5, 5.41) is 4.07. The molecule has 0 amide bonds. The van der Waals surface area contributed by atoms with E-state index in [1.165, 1.54) is 17.7 Å². The summed E-state index contributed by atoms with van der Waals surface area (Å²) in [5.41, 5.74) is 0.848. The molecule has 0 saturated heterocycles. The van der Waals surface area contributed by atoms with Gasteiger partial charge in [0.15, 0.2) is 0 Å². The van der Waals surface area contributed by atoms with Gasteiger partial charge >= 0.3 is 5.97 Å². The second kappa shape index (κ2) is 6.82. The molecular formula is C14H19N3O3S. The van der Waals surface area contributed by atoms with Gasteiger partial charge in [-0.25, -0.2) is 14.8 Å². The third-order valence-electron chi connectivity index (χ3n) is 2.85. The monoisotopic (exact) mass is 309 g/mol. The lowest BCUT2D eigenvalue weighted by Crippen LogP contribution is -2.11. The maximum atomic E-state index is 12.1. The van der Waals surface area contributed by atoms with Crippen molar-refractivity contribution in [2.75, 3.05) is 25.6 Å². The number of ether oxygens (including phenoxy) is 2. The fourth-order valence-corrected chi connectivity index (χ4v) is 2.97. The molecule has 7 heteroatoms. The number of rotatable bonds is 6. The highest BCUT2D eigenvalue weighted by Gasteiger charge is 2.20. The van der Waals surface area contributed by atoms with E-state index in [1.807, 2.05) is 20.8 Å². The second-order valence-electron chi connectivity index (χ2n) is 4.83. The molecule has 114 valence electrons. The molecule has 0 unspecified atom stereocenters. The molecule has 21 heavy (non-hydrogen) atoms. The average molecular weight is 309 g/mol. The van der Waals surface area contributed by atoms with Crippen LogP contribution in [0.2, 0.25) is 0 Å². The van der Waals surface area contributed by atoms with Crippen LogP contribution in [0.4, 0.5) is 5.82 Å². The first-order chi connectivity index (χ1) is 10.0. The minimum atomic E-state index is -0.312. The molecule has 2 aromatic rings. The van der Waals surface area contributed by atoms with E-state index >= 15 is 0 Å². The molecule has 0 spiro atoms. The van der Waals surface area contributed by atoms with Crippen LogP contribution in [0.5, 0.6) is 0 Å². The lowest BCUT2D eigenvalue weighted by molar-refractivity contribution is 0.0383. The predicted molar refractivity (Wildman–Crippen MR) is 83.1 cm³/mol. The SMILES string of the molecule is COCCNc1ncnc2sc(C(=O)OC(C)C)c(C)c12. The molecule has 6 nitrogen and oxygen atoms in total. The number of thiophene rings is 1. The molecule has 0 bridgehead atoms. The van der Waals surface area contributed by atoms with Crippen LogP contribution in [0, 0.1) is 6.92 Å². The van der Waals surface area contributed by atoms with E-state index in [9.17, 15) is 4.79 Å². The van der Waals surface area contributed by atoms with Crippen LogP contribution >= 0.6 is 11.3 Å². The number of aromatic nitrogens is 2. The van der Waals surface area contributed by atoms with Crippen LogP contribution in [0.1, 0.15) is 29.1 Å². The predicted octanol–water partition coefficient (Wildman–Crippen LogP) is 2.62. The molecule has 0 saturated carbocycles. The molecule has 0 aliphatic rings. The van der Waals surface area contributed by atoms with Crippen molar-refractivity contribution in [3.8, 4) is 0 Å². The molecule has 2 rings (SSSR count). The van der Waals surface area contributed by atoms with E-state index in [0.29, 0.717) is 18.0 Å². The molecule has 0 aliphatic heterocycles. The molecule has 0 aliphatic carbocycles. The number of nitrogens with zero attached hydrogens (tertiary/aromatic N) is 2. The van der Waals surface area contributed by atoms with Gasteiger partial charge in [0.1, 0.15) is 21.9 Å². The molecule has 0 fully saturated rings. The Labute approximate surface area is 127 Å². The summed E-state index contributed by atoms with van der Waals surface area (Å²) >= 11 is 1.33. The first-order valence-corrected chi connectivity index (χ1v) is 7.54. The van der Waals surface area contributed by atoms with E-state index in [4.69, 9.17) is 9.47 Å². The lowest BCUT2D eigenvalue weighted by atomic mass is 10.2. The van der Waals surface area contributed by atoms with Crippen molar-refractivity contribution in [1.29, 1.82) is 0 Å². The van der Waals surface area contributed by atoms with Crippen molar-refractivity contribution < 1.29 is 14.3 Å². The lowest BCUT2D eigenvalue weighted by Gasteiger charge is -2.07. The number of fused-ring (bicyclic) bond motifs is 1. The van der Waals surface area contributed by atoms with Crippen molar-refractivity contribution in [1.82, 2.24) is 9.97 Å². The third-order valence-corrected chi connectivity index (χ3v) is 4.03. The molecule has 1 N–H and O–H groups in total. The summed E-state index contributed by atoms with van der Waals surface area (Å²) in [6.45, 7) is 6.78. The summed E-state index contributed by atoms with van der Waals surface area (Å²) in [6, 6.07) is 0. The molecule has 2 heterocycles. The Morgan fingerprint density at radius 1 is 1.43 bits per heavy atom. The zero-order valence-electron chi connectivity index (χ0n) is 12.6. The second-order valence-corrected chi connectivity index (χ2v) is 5.83. The Bertz CT molecular complexity index is 640. The van der Waals surface area contributed by atoms with Crippen molar-refractivity contribution in [2.24, 2.45) is 0 Å². The van der Waals surface area contributed by atoms with Gasteiger partial charge in [-0.3, -0.25) is 0 Å². The topological polar surface area (TPSA) is 73.3 Å². The number of carbonyl (C=O) groups excluding carboxylic acids is 1. The van der Waals surface area contributed by atoms with E-state index in [-0.39, 0.29) is 12.1 Å². The van der Waals surface area contributed by atoms with E-state index < -0.39 is 0 Å². The van der Waals surface area contributed by atoms with Gasteiger partial charge in [-0.2, -0.15) is 0 Å². The van der Waals surface area contributed by atoms with Gasteiger partial charge in [0.05, 0.1) is 18.1 Å². The molecular weight excluding hydrogens is 290 g/mol. The first kappa shape index (κ1) is 15.7. The van der Waals surface area contributed by atoms with Crippen LogP contribution in [0.3, 0.4) is 0 Å². The average Bonchev–Trinajstić information content (AvgIpc) is 2.77. The van der Waals surface area contributed by atoms with Crippen LogP contribution in [-0.2, 0) is 9.47 Å². The van der Waals surface area contributed by atoms with Crippen molar-refractivity contribution in [3.63, 3.8) is 0 Å². The minimum absolute atomic E-state index is 0.146. The van der Waals surface area contributed by atoms with Gasteiger partial charge in [0, 0.05) is 13.7 Å². The highest BCUT2D eigenvalue weighted by atomic mass is 32.1. The molecule has 0 atom stereocenters. The van der Waals surface area contributed by atoms with Crippen molar-refractivity contribution in [3.05, 3.63) is 16.8 Å². The van der Waals surface area contributed by atoms with Gasteiger partial charge in [-0.15, -0.1) is 11.3 Å². The normalized spacial score (nSPS) is 11.1. The number of anilines is 1. The number of nitrogens with one attached hydrogen (secondary N) is 1. The summed E-state index contributed by atoms with van der Waals surface area (Å²) < 4.78 is 10.3. The van der Waals surface area contributed by atoms with Gasteiger partial charge in [-0.05, 0) is 26.3 Å². The van der Waals surface area contributed by atoms with Crippen molar-refractivity contribution >= 4 is 33.3 Å². The van der Waals surface area contributed by atoms with Gasteiger partial charge in [0.25, 0.3) is 0 Å². The highest BCUT2D eigenvalue weighted by Crippen LogP contribution is 2.33. The highest BCUT2D eigenvalue weighted by molar-refractivity contribution is 7.20. The first-order valence-electron chi connectivity index (χ1n) is 6.72. The fraction of sp³-hybridized carbons (Fsp3) is 0.500. The Morgan fingerprint density at radius 3 is 2.86 bits per heavy atom. The number of carbonyl (C=O) groups is 1. The molecule has 2 aromatic heterocycles. The zero-order valence-corrected chi connectivity index (χ0v) is 13.4.